The maximum absolute atomic E-state index is 13.0. The summed E-state index contributed by atoms with van der Waals surface area (Å²) in [7, 11) is -4.09. The lowest BCUT2D eigenvalue weighted by molar-refractivity contribution is -0.384. The third-order valence-corrected chi connectivity index (χ3v) is 6.98. The zero-order valence-corrected chi connectivity index (χ0v) is 17.2. The van der Waals surface area contributed by atoms with Crippen molar-refractivity contribution in [2.75, 3.05) is 6.54 Å². The maximum atomic E-state index is 13.0. The third-order valence-electron chi connectivity index (χ3n) is 5.06. The molecule has 0 bridgehead atoms. The summed E-state index contributed by atoms with van der Waals surface area (Å²) in [5.41, 5.74) is 0.469. The normalized spacial score (nSPS) is 17.7. The molecule has 1 fully saturated rings. The van der Waals surface area contributed by atoms with Crippen molar-refractivity contribution in [3.63, 3.8) is 0 Å². The van der Waals surface area contributed by atoms with Crippen LogP contribution in [0.3, 0.4) is 0 Å². The molecule has 2 aromatic rings. The van der Waals surface area contributed by atoms with Crippen LogP contribution in [0.1, 0.15) is 18.4 Å². The van der Waals surface area contributed by atoms with Crippen molar-refractivity contribution >= 4 is 27.6 Å². The number of aliphatic carboxylic acids is 1. The molecule has 3 rings (SSSR count). The van der Waals surface area contributed by atoms with E-state index in [4.69, 9.17) is 0 Å². The van der Waals surface area contributed by atoms with E-state index < -0.39 is 38.9 Å². The van der Waals surface area contributed by atoms with E-state index in [1.54, 1.807) is 30.3 Å². The Labute approximate surface area is 178 Å². The van der Waals surface area contributed by atoms with Crippen molar-refractivity contribution in [3.05, 3.63) is 70.3 Å². The lowest BCUT2D eigenvalue weighted by Crippen LogP contribution is -2.51. The van der Waals surface area contributed by atoms with Crippen LogP contribution in [0.15, 0.2) is 59.5 Å². The molecule has 1 aliphatic rings. The topological polar surface area (TPSA) is 147 Å². The minimum atomic E-state index is -4.09. The number of nitrogens with one attached hydrogen (secondary N) is 1. The summed E-state index contributed by atoms with van der Waals surface area (Å²) in [6.45, 7) is 0.0911. The molecule has 164 valence electrons. The SMILES string of the molecule is O=C(O)[C@H](Cc1ccccc1)NC(=O)[C@@H]1CCCN1S(=O)(=O)c1ccc([N+](=O)[O-])cc1. The van der Waals surface area contributed by atoms with Crippen LogP contribution in [0.2, 0.25) is 0 Å². The molecule has 1 amide bonds. The summed E-state index contributed by atoms with van der Waals surface area (Å²) in [4.78, 5) is 34.4. The second kappa shape index (κ2) is 9.23. The fourth-order valence-corrected chi connectivity index (χ4v) is 5.14. The molecule has 31 heavy (non-hydrogen) atoms. The quantitative estimate of drug-likeness (QED) is 0.461. The van der Waals surface area contributed by atoms with Gasteiger partial charge in [0, 0.05) is 25.1 Å². The van der Waals surface area contributed by atoms with Gasteiger partial charge < -0.3 is 10.4 Å². The third kappa shape index (κ3) is 5.06. The zero-order chi connectivity index (χ0) is 22.6. The van der Waals surface area contributed by atoms with Gasteiger partial charge in [0.05, 0.1) is 9.82 Å². The van der Waals surface area contributed by atoms with Crippen molar-refractivity contribution < 1.29 is 28.0 Å². The maximum Gasteiger partial charge on any atom is 0.326 e. The number of non-ortho nitro benzene ring substituents is 1. The van der Waals surface area contributed by atoms with Crippen molar-refractivity contribution in [2.45, 2.75) is 36.2 Å². The Kier molecular flexibility index (Phi) is 6.66. The van der Waals surface area contributed by atoms with Crippen molar-refractivity contribution in [1.82, 2.24) is 9.62 Å². The standard InChI is InChI=1S/C20H21N3O7S/c24-19(21-17(20(25)26)13-14-5-2-1-3-6-14)18-7-4-12-22(18)31(29,30)16-10-8-15(9-11-16)23(27)28/h1-3,5-6,8-11,17-18H,4,7,12-13H2,(H,21,24)(H,25,26)/t17-,18-/m0/s1. The number of hydrogen-bond acceptors (Lipinski definition) is 6. The molecule has 0 aliphatic carbocycles. The van der Waals surface area contributed by atoms with E-state index in [1.807, 2.05) is 0 Å². The second-order valence-electron chi connectivity index (χ2n) is 7.11. The van der Waals surface area contributed by atoms with Crippen LogP contribution in [0, 0.1) is 10.1 Å². The summed E-state index contributed by atoms with van der Waals surface area (Å²) in [5.74, 6) is -1.91. The Morgan fingerprint density at radius 2 is 1.81 bits per heavy atom. The highest BCUT2D eigenvalue weighted by Crippen LogP contribution is 2.27. The van der Waals surface area contributed by atoms with Gasteiger partial charge in [-0.1, -0.05) is 30.3 Å². The molecule has 2 N–H and O–H groups in total. The number of hydrogen-bond donors (Lipinski definition) is 2. The van der Waals surface area contributed by atoms with Crippen molar-refractivity contribution in [2.24, 2.45) is 0 Å². The van der Waals surface area contributed by atoms with Crippen LogP contribution in [0.4, 0.5) is 5.69 Å². The summed E-state index contributed by atoms with van der Waals surface area (Å²) < 4.78 is 27.0. The van der Waals surface area contributed by atoms with Crippen LogP contribution in [-0.2, 0) is 26.0 Å². The van der Waals surface area contributed by atoms with Crippen molar-refractivity contribution in [3.8, 4) is 0 Å². The number of carboxylic acids is 1. The number of nitrogens with zero attached hydrogens (tertiary/aromatic N) is 2. The molecule has 0 radical (unpaired) electrons. The number of carbonyl (C=O) groups excluding carboxylic acids is 1. The van der Waals surface area contributed by atoms with E-state index >= 15 is 0 Å². The number of amides is 1. The Morgan fingerprint density at radius 3 is 2.39 bits per heavy atom. The minimum Gasteiger partial charge on any atom is -0.480 e. The summed E-state index contributed by atoms with van der Waals surface area (Å²) in [6.07, 6.45) is 0.736. The Bertz CT molecular complexity index is 1070. The van der Waals surface area contributed by atoms with Crippen LogP contribution in [0.25, 0.3) is 0 Å². The molecule has 2 atom stereocenters. The number of nitro benzene ring substituents is 1. The average molecular weight is 447 g/mol. The average Bonchev–Trinajstić information content (AvgIpc) is 3.25. The van der Waals surface area contributed by atoms with Gasteiger partial charge in [-0.15, -0.1) is 0 Å². The molecule has 0 saturated carbocycles. The van der Waals surface area contributed by atoms with Gasteiger partial charge in [-0.3, -0.25) is 14.9 Å². The van der Waals surface area contributed by atoms with E-state index in [0.29, 0.717) is 6.42 Å². The molecule has 0 aromatic heterocycles. The monoisotopic (exact) mass is 447 g/mol. The fourth-order valence-electron chi connectivity index (χ4n) is 3.48. The second-order valence-corrected chi connectivity index (χ2v) is 9.00. The molecule has 1 aliphatic heterocycles. The molecule has 0 spiro atoms. The van der Waals surface area contributed by atoms with E-state index in [9.17, 15) is 33.2 Å². The van der Waals surface area contributed by atoms with E-state index in [1.165, 1.54) is 0 Å². The predicted molar refractivity (Wildman–Crippen MR) is 110 cm³/mol. The minimum absolute atomic E-state index is 0.0593. The fraction of sp³-hybridized carbons (Fsp3) is 0.300. The highest BCUT2D eigenvalue weighted by atomic mass is 32.2. The number of benzene rings is 2. The first-order valence-corrected chi connectivity index (χ1v) is 11.0. The molecule has 2 aromatic carbocycles. The first-order chi connectivity index (χ1) is 14.7. The highest BCUT2D eigenvalue weighted by Gasteiger charge is 2.40. The predicted octanol–water partition coefficient (Wildman–Crippen LogP) is 1.56. The van der Waals surface area contributed by atoms with Gasteiger partial charge >= 0.3 is 5.97 Å². The van der Waals surface area contributed by atoms with Gasteiger partial charge in [0.15, 0.2) is 0 Å². The van der Waals surface area contributed by atoms with Gasteiger partial charge in [-0.2, -0.15) is 4.31 Å². The van der Waals surface area contributed by atoms with Gasteiger partial charge in [0.1, 0.15) is 12.1 Å². The van der Waals surface area contributed by atoms with Gasteiger partial charge in [0.2, 0.25) is 15.9 Å². The van der Waals surface area contributed by atoms with Crippen LogP contribution >= 0.6 is 0 Å². The molecule has 10 nitrogen and oxygen atoms in total. The van der Waals surface area contributed by atoms with Crippen LogP contribution in [0.5, 0.6) is 0 Å². The number of rotatable bonds is 8. The molecule has 1 saturated heterocycles. The van der Waals surface area contributed by atoms with Crippen LogP contribution in [-0.4, -0.2) is 53.3 Å². The lowest BCUT2D eigenvalue weighted by Gasteiger charge is -2.25. The Hall–Kier alpha value is -3.31. The lowest BCUT2D eigenvalue weighted by atomic mass is 10.1. The van der Waals surface area contributed by atoms with Crippen LogP contribution < -0.4 is 5.32 Å². The van der Waals surface area contributed by atoms with E-state index in [-0.39, 0.29) is 30.0 Å². The summed E-state index contributed by atoms with van der Waals surface area (Å²) >= 11 is 0. The molecular formula is C20H21N3O7S. The molecule has 1 heterocycles. The molecular weight excluding hydrogens is 426 g/mol. The summed E-state index contributed by atoms with van der Waals surface area (Å²) in [5, 5.41) is 22.7. The number of carbonyl (C=O) groups is 2. The Balaban J connectivity index is 1.77. The number of carboxylic acid groups (broad SMARTS) is 1. The molecule has 11 heteroatoms. The Morgan fingerprint density at radius 1 is 1.16 bits per heavy atom. The van der Waals surface area contributed by atoms with E-state index in [0.717, 1.165) is 34.1 Å². The van der Waals surface area contributed by atoms with Gasteiger partial charge in [0.25, 0.3) is 5.69 Å². The first-order valence-electron chi connectivity index (χ1n) is 9.53. The number of sulfonamides is 1. The molecule has 0 unspecified atom stereocenters. The van der Waals surface area contributed by atoms with Gasteiger partial charge in [-0.05, 0) is 30.5 Å². The largest absolute Gasteiger partial charge is 0.480 e. The first kappa shape index (κ1) is 22.4. The summed E-state index contributed by atoms with van der Waals surface area (Å²) in [6, 6.07) is 10.9. The van der Waals surface area contributed by atoms with E-state index in [2.05, 4.69) is 5.32 Å². The number of nitro groups is 1. The smallest absolute Gasteiger partial charge is 0.326 e. The van der Waals surface area contributed by atoms with Crippen molar-refractivity contribution in [1.29, 1.82) is 0 Å². The zero-order valence-electron chi connectivity index (χ0n) is 16.4. The highest BCUT2D eigenvalue weighted by molar-refractivity contribution is 7.89. The van der Waals surface area contributed by atoms with Gasteiger partial charge in [-0.25, -0.2) is 13.2 Å².